The minimum atomic E-state index is -0.702. The molecule has 0 atom stereocenters. The van der Waals surface area contributed by atoms with Crippen molar-refractivity contribution in [3.05, 3.63) is 63.3 Å². The molecule has 3 aromatic heterocycles. The molecule has 3 aromatic rings. The summed E-state index contributed by atoms with van der Waals surface area (Å²) in [5.74, 6) is -0.802. The second-order valence-electron chi connectivity index (χ2n) is 4.17. The normalized spacial score (nSPS) is 10.7. The number of rotatable bonds is 3. The van der Waals surface area contributed by atoms with E-state index in [0.717, 1.165) is 12.3 Å². The third kappa shape index (κ3) is 2.46. The highest BCUT2D eigenvalue weighted by molar-refractivity contribution is 5.47. The third-order valence-corrected chi connectivity index (χ3v) is 2.76. The van der Waals surface area contributed by atoms with Crippen LogP contribution in [0.4, 0.5) is 0 Å². The minimum Gasteiger partial charge on any atom is -0.502 e. The Kier molecular flexibility index (Phi) is 3.11. The first kappa shape index (κ1) is 12.9. The highest BCUT2D eigenvalue weighted by Gasteiger charge is 2.15. The molecule has 3 heterocycles. The first-order chi connectivity index (χ1) is 10.1. The number of aromatic hydroxyl groups is 1. The molecule has 0 spiro atoms. The van der Waals surface area contributed by atoms with Gasteiger partial charge in [0.1, 0.15) is 17.7 Å². The van der Waals surface area contributed by atoms with Crippen LogP contribution >= 0.6 is 0 Å². The van der Waals surface area contributed by atoms with Gasteiger partial charge in [-0.1, -0.05) is 11.2 Å². The number of pyridine rings is 1. The van der Waals surface area contributed by atoms with E-state index in [0.29, 0.717) is 5.69 Å². The predicted octanol–water partition coefficient (Wildman–Crippen LogP) is 0.605. The van der Waals surface area contributed by atoms with Crippen molar-refractivity contribution in [2.45, 2.75) is 6.54 Å². The number of hydrogen-bond acceptors (Lipinski definition) is 7. The maximum absolute atomic E-state index is 11.7. The zero-order chi connectivity index (χ0) is 14.8. The van der Waals surface area contributed by atoms with E-state index < -0.39 is 16.9 Å². The van der Waals surface area contributed by atoms with Gasteiger partial charge in [0, 0.05) is 12.3 Å². The fourth-order valence-corrected chi connectivity index (χ4v) is 1.77. The molecule has 0 amide bonds. The van der Waals surface area contributed by atoms with E-state index in [1.807, 2.05) is 0 Å². The van der Waals surface area contributed by atoms with E-state index in [-0.39, 0.29) is 18.1 Å². The SMILES string of the molecule is O=c1cc(Cn2c(-c3ccccn3)noc2=O)occ1O. The van der Waals surface area contributed by atoms with Crippen LogP contribution in [0.15, 0.2) is 55.3 Å². The molecule has 3 rings (SSSR count). The standard InChI is InChI=1S/C13H9N3O5/c17-10-5-8(20-7-11(10)18)6-16-12(15-21-13(16)19)9-3-1-2-4-14-9/h1-5,7,18H,6H2. The van der Waals surface area contributed by atoms with Crippen LogP contribution < -0.4 is 11.2 Å². The monoisotopic (exact) mass is 287 g/mol. The Bertz CT molecular complexity index is 879. The summed E-state index contributed by atoms with van der Waals surface area (Å²) in [7, 11) is 0. The summed E-state index contributed by atoms with van der Waals surface area (Å²) in [6.07, 6.45) is 2.47. The van der Waals surface area contributed by atoms with Crippen LogP contribution in [-0.2, 0) is 6.54 Å². The van der Waals surface area contributed by atoms with E-state index in [9.17, 15) is 9.59 Å². The van der Waals surface area contributed by atoms with E-state index in [1.54, 1.807) is 24.4 Å². The number of hydrogen-bond donors (Lipinski definition) is 1. The number of aromatic nitrogens is 3. The van der Waals surface area contributed by atoms with Gasteiger partial charge in [-0.15, -0.1) is 0 Å². The Balaban J connectivity index is 2.03. The largest absolute Gasteiger partial charge is 0.502 e. The van der Waals surface area contributed by atoms with Crippen LogP contribution in [0.1, 0.15) is 5.76 Å². The van der Waals surface area contributed by atoms with Gasteiger partial charge in [-0.2, -0.15) is 0 Å². The maximum Gasteiger partial charge on any atom is 0.442 e. The Morgan fingerprint density at radius 3 is 2.86 bits per heavy atom. The molecule has 0 aliphatic rings. The third-order valence-electron chi connectivity index (χ3n) is 2.76. The summed E-state index contributed by atoms with van der Waals surface area (Å²) in [4.78, 5) is 27.1. The van der Waals surface area contributed by atoms with Gasteiger partial charge in [-0.05, 0) is 12.1 Å². The fourth-order valence-electron chi connectivity index (χ4n) is 1.77. The number of nitrogens with zero attached hydrogens (tertiary/aromatic N) is 3. The molecule has 0 aliphatic carbocycles. The van der Waals surface area contributed by atoms with Crippen molar-refractivity contribution in [3.63, 3.8) is 0 Å². The molecule has 0 saturated heterocycles. The van der Waals surface area contributed by atoms with E-state index in [4.69, 9.17) is 9.52 Å². The molecule has 106 valence electrons. The van der Waals surface area contributed by atoms with Crippen molar-refractivity contribution >= 4 is 0 Å². The van der Waals surface area contributed by atoms with E-state index >= 15 is 0 Å². The minimum absolute atomic E-state index is 0.0657. The van der Waals surface area contributed by atoms with Crippen molar-refractivity contribution in [3.8, 4) is 17.3 Å². The van der Waals surface area contributed by atoms with Crippen molar-refractivity contribution < 1.29 is 14.0 Å². The fraction of sp³-hybridized carbons (Fsp3) is 0.0769. The van der Waals surface area contributed by atoms with E-state index in [1.165, 1.54) is 4.57 Å². The molecule has 0 aromatic carbocycles. The van der Waals surface area contributed by atoms with Crippen molar-refractivity contribution in [2.75, 3.05) is 0 Å². The summed E-state index contributed by atoms with van der Waals surface area (Å²) in [5.41, 5.74) is -0.149. The Morgan fingerprint density at radius 1 is 1.29 bits per heavy atom. The lowest BCUT2D eigenvalue weighted by Gasteiger charge is -2.03. The first-order valence-corrected chi connectivity index (χ1v) is 5.94. The maximum atomic E-state index is 11.7. The Labute approximate surface area is 116 Å². The molecule has 8 heteroatoms. The molecule has 8 nitrogen and oxygen atoms in total. The highest BCUT2D eigenvalue weighted by atomic mass is 16.5. The predicted molar refractivity (Wildman–Crippen MR) is 69.7 cm³/mol. The molecule has 0 unspecified atom stereocenters. The van der Waals surface area contributed by atoms with Gasteiger partial charge in [0.15, 0.2) is 5.75 Å². The molecule has 0 bridgehead atoms. The smallest absolute Gasteiger partial charge is 0.442 e. The first-order valence-electron chi connectivity index (χ1n) is 5.94. The van der Waals surface area contributed by atoms with Crippen LogP contribution in [0.2, 0.25) is 0 Å². The lowest BCUT2D eigenvalue weighted by atomic mass is 10.3. The summed E-state index contributed by atoms with van der Waals surface area (Å²) in [6, 6.07) is 6.23. The lowest BCUT2D eigenvalue weighted by Crippen LogP contribution is -2.17. The molecule has 0 fully saturated rings. The van der Waals surface area contributed by atoms with Gasteiger partial charge in [-0.25, -0.2) is 9.36 Å². The highest BCUT2D eigenvalue weighted by Crippen LogP contribution is 2.13. The molecular weight excluding hydrogens is 278 g/mol. The topological polar surface area (TPSA) is 111 Å². The van der Waals surface area contributed by atoms with Gasteiger partial charge in [0.25, 0.3) is 0 Å². The van der Waals surface area contributed by atoms with Crippen LogP contribution in [0.3, 0.4) is 0 Å². The van der Waals surface area contributed by atoms with Gasteiger partial charge in [-0.3, -0.25) is 14.3 Å². The van der Waals surface area contributed by atoms with Crippen LogP contribution in [-0.4, -0.2) is 19.8 Å². The molecule has 0 radical (unpaired) electrons. The average molecular weight is 287 g/mol. The molecule has 0 aliphatic heterocycles. The summed E-state index contributed by atoms with van der Waals surface area (Å²) in [5, 5.41) is 12.8. The molecular formula is C13H9N3O5. The van der Waals surface area contributed by atoms with Crippen LogP contribution in [0, 0.1) is 0 Å². The zero-order valence-electron chi connectivity index (χ0n) is 10.6. The van der Waals surface area contributed by atoms with Crippen molar-refractivity contribution in [1.29, 1.82) is 0 Å². The summed E-state index contributed by atoms with van der Waals surface area (Å²) < 4.78 is 10.9. The lowest BCUT2D eigenvalue weighted by molar-refractivity contribution is 0.371. The zero-order valence-corrected chi connectivity index (χ0v) is 10.6. The molecule has 0 saturated carbocycles. The quantitative estimate of drug-likeness (QED) is 0.750. The summed E-state index contributed by atoms with van der Waals surface area (Å²) >= 11 is 0. The second-order valence-corrected chi connectivity index (χ2v) is 4.17. The van der Waals surface area contributed by atoms with Gasteiger partial charge >= 0.3 is 5.76 Å². The Morgan fingerprint density at radius 2 is 2.14 bits per heavy atom. The van der Waals surface area contributed by atoms with Gasteiger partial charge < -0.3 is 9.52 Å². The Hall–Kier alpha value is -3.16. The van der Waals surface area contributed by atoms with Crippen molar-refractivity contribution in [2.24, 2.45) is 0 Å². The average Bonchev–Trinajstić information content (AvgIpc) is 2.85. The van der Waals surface area contributed by atoms with E-state index in [2.05, 4.69) is 14.7 Å². The van der Waals surface area contributed by atoms with Crippen LogP contribution in [0.5, 0.6) is 5.75 Å². The molecule has 1 N–H and O–H groups in total. The van der Waals surface area contributed by atoms with Gasteiger partial charge in [0.2, 0.25) is 11.3 Å². The summed E-state index contributed by atoms with van der Waals surface area (Å²) in [6.45, 7) is -0.0657. The second kappa shape index (κ2) is 5.08. The molecule has 21 heavy (non-hydrogen) atoms. The van der Waals surface area contributed by atoms with Crippen molar-refractivity contribution in [1.82, 2.24) is 14.7 Å². The van der Waals surface area contributed by atoms with Crippen LogP contribution in [0.25, 0.3) is 11.5 Å². The van der Waals surface area contributed by atoms with Gasteiger partial charge in [0.05, 0.1) is 6.54 Å².